The molecule has 2 N–H and O–H groups in total. The summed E-state index contributed by atoms with van der Waals surface area (Å²) in [6, 6.07) is 4.32. The van der Waals surface area contributed by atoms with Crippen LogP contribution in [0.5, 0.6) is 0 Å². The maximum Gasteiger partial charge on any atom is 0.269 e. The van der Waals surface area contributed by atoms with Crippen LogP contribution in [-0.2, 0) is 4.74 Å². The van der Waals surface area contributed by atoms with Crippen molar-refractivity contribution in [3.05, 3.63) is 24.0 Å². The lowest BCUT2D eigenvalue weighted by Gasteiger charge is -2.26. The Labute approximate surface area is 150 Å². The van der Waals surface area contributed by atoms with Crippen LogP contribution in [0.15, 0.2) is 18.3 Å². The van der Waals surface area contributed by atoms with Gasteiger partial charge in [0.05, 0.1) is 25.1 Å². The summed E-state index contributed by atoms with van der Waals surface area (Å²) in [6.45, 7) is 4.94. The average molecular weight is 346 g/mol. The van der Waals surface area contributed by atoms with E-state index in [9.17, 15) is 4.79 Å². The van der Waals surface area contributed by atoms with Gasteiger partial charge in [0.2, 0.25) is 0 Å². The highest BCUT2D eigenvalue weighted by molar-refractivity contribution is 5.92. The van der Waals surface area contributed by atoms with Gasteiger partial charge in [0, 0.05) is 32.2 Å². The van der Waals surface area contributed by atoms with Crippen molar-refractivity contribution in [2.45, 2.75) is 44.6 Å². The van der Waals surface area contributed by atoms with Crippen LogP contribution in [0.4, 0.5) is 5.69 Å². The Kier molecular flexibility index (Phi) is 7.06. The number of carbonyl (C=O) groups excluding carboxylic acids is 1. The molecule has 0 radical (unpaired) electrons. The van der Waals surface area contributed by atoms with E-state index in [0.717, 1.165) is 38.5 Å². The van der Waals surface area contributed by atoms with Gasteiger partial charge in [0.15, 0.2) is 0 Å². The molecule has 2 fully saturated rings. The Morgan fingerprint density at radius 3 is 2.60 bits per heavy atom. The molecule has 2 aliphatic rings. The molecule has 1 amide bonds. The smallest absolute Gasteiger partial charge is 0.269 e. The number of nitrogens with zero attached hydrogens (tertiary/aromatic N) is 2. The van der Waals surface area contributed by atoms with Gasteiger partial charge >= 0.3 is 0 Å². The maximum atomic E-state index is 12.2. The molecular formula is C19H30N4O2. The van der Waals surface area contributed by atoms with Crippen molar-refractivity contribution in [3.8, 4) is 0 Å². The third-order valence-corrected chi connectivity index (χ3v) is 5.04. The Morgan fingerprint density at radius 2 is 1.92 bits per heavy atom. The van der Waals surface area contributed by atoms with E-state index in [1.165, 1.54) is 38.5 Å². The Morgan fingerprint density at radius 1 is 1.16 bits per heavy atom. The number of aromatic nitrogens is 1. The molecule has 0 aromatic carbocycles. The second-order valence-electron chi connectivity index (χ2n) is 6.97. The van der Waals surface area contributed by atoms with Crippen molar-refractivity contribution in [1.29, 1.82) is 0 Å². The lowest BCUT2D eigenvalue weighted by molar-refractivity contribution is 0.0383. The highest BCUT2D eigenvalue weighted by Gasteiger charge is 2.13. The molecule has 0 atom stereocenters. The molecule has 0 bridgehead atoms. The van der Waals surface area contributed by atoms with Crippen molar-refractivity contribution in [3.63, 3.8) is 0 Å². The predicted octanol–water partition coefficient (Wildman–Crippen LogP) is 2.28. The first-order chi connectivity index (χ1) is 12.3. The van der Waals surface area contributed by atoms with Crippen LogP contribution < -0.4 is 10.6 Å². The van der Waals surface area contributed by atoms with Crippen LogP contribution in [-0.4, -0.2) is 61.2 Å². The van der Waals surface area contributed by atoms with Gasteiger partial charge in [-0.2, -0.15) is 0 Å². The quantitative estimate of drug-likeness (QED) is 0.774. The summed E-state index contributed by atoms with van der Waals surface area (Å²) in [7, 11) is 0. The van der Waals surface area contributed by atoms with Crippen molar-refractivity contribution in [1.82, 2.24) is 15.2 Å². The maximum absolute atomic E-state index is 12.2. The molecule has 138 valence electrons. The van der Waals surface area contributed by atoms with E-state index < -0.39 is 0 Å². The van der Waals surface area contributed by atoms with Crippen molar-refractivity contribution in [2.75, 3.05) is 44.7 Å². The first-order valence-electron chi connectivity index (χ1n) is 9.62. The second-order valence-corrected chi connectivity index (χ2v) is 6.97. The number of carbonyl (C=O) groups is 1. The third kappa shape index (κ3) is 5.97. The SMILES string of the molecule is O=C(NCCN1CCOCC1)c1ccc(NC2CCCCCC2)cn1. The molecule has 1 aliphatic carbocycles. The van der Waals surface area contributed by atoms with E-state index in [-0.39, 0.29) is 5.91 Å². The topological polar surface area (TPSA) is 66.5 Å². The van der Waals surface area contributed by atoms with E-state index in [1.807, 2.05) is 12.1 Å². The number of amides is 1. The van der Waals surface area contributed by atoms with Crippen LogP contribution in [0.3, 0.4) is 0 Å². The standard InChI is InChI=1S/C19H30N4O2/c24-19(20-9-10-23-11-13-25-14-12-23)18-8-7-17(15-21-18)22-16-5-3-1-2-4-6-16/h7-8,15-16,22H,1-6,9-14H2,(H,20,24). The predicted molar refractivity (Wildman–Crippen MR) is 98.9 cm³/mol. The van der Waals surface area contributed by atoms with Crippen LogP contribution in [0, 0.1) is 0 Å². The van der Waals surface area contributed by atoms with Gasteiger partial charge in [0.1, 0.15) is 5.69 Å². The third-order valence-electron chi connectivity index (χ3n) is 5.04. The number of nitrogens with one attached hydrogen (secondary N) is 2. The summed E-state index contributed by atoms with van der Waals surface area (Å²) in [5.74, 6) is -0.103. The lowest BCUT2D eigenvalue weighted by Crippen LogP contribution is -2.41. The van der Waals surface area contributed by atoms with Gasteiger partial charge in [-0.05, 0) is 25.0 Å². The molecule has 1 saturated carbocycles. The van der Waals surface area contributed by atoms with Crippen molar-refractivity contribution >= 4 is 11.6 Å². The minimum absolute atomic E-state index is 0.103. The number of pyridine rings is 1. The molecule has 6 heteroatoms. The zero-order valence-corrected chi connectivity index (χ0v) is 15.0. The van der Waals surface area contributed by atoms with E-state index >= 15 is 0 Å². The van der Waals surface area contributed by atoms with Gasteiger partial charge in [-0.3, -0.25) is 9.69 Å². The van der Waals surface area contributed by atoms with Gasteiger partial charge in [-0.1, -0.05) is 25.7 Å². The minimum Gasteiger partial charge on any atom is -0.381 e. The Balaban J connectivity index is 1.41. The zero-order chi connectivity index (χ0) is 17.3. The molecule has 1 aliphatic heterocycles. The highest BCUT2D eigenvalue weighted by Crippen LogP contribution is 2.20. The molecule has 0 unspecified atom stereocenters. The highest BCUT2D eigenvalue weighted by atomic mass is 16.5. The minimum atomic E-state index is -0.103. The molecule has 1 aromatic rings. The van der Waals surface area contributed by atoms with Gasteiger partial charge < -0.3 is 15.4 Å². The lowest BCUT2D eigenvalue weighted by atomic mass is 10.1. The number of morpholine rings is 1. The number of hydrogen-bond acceptors (Lipinski definition) is 5. The first-order valence-corrected chi connectivity index (χ1v) is 9.62. The summed E-state index contributed by atoms with van der Waals surface area (Å²) >= 11 is 0. The Bertz CT molecular complexity index is 521. The molecule has 1 aromatic heterocycles. The number of ether oxygens (including phenoxy) is 1. The zero-order valence-electron chi connectivity index (χ0n) is 15.0. The normalized spacial score (nSPS) is 20.0. The number of rotatable bonds is 6. The number of hydrogen-bond donors (Lipinski definition) is 2. The van der Waals surface area contributed by atoms with Crippen LogP contribution in [0.25, 0.3) is 0 Å². The summed E-state index contributed by atoms with van der Waals surface area (Å²) in [4.78, 5) is 18.8. The molecule has 6 nitrogen and oxygen atoms in total. The van der Waals surface area contributed by atoms with Crippen molar-refractivity contribution in [2.24, 2.45) is 0 Å². The molecule has 2 heterocycles. The summed E-state index contributed by atoms with van der Waals surface area (Å²) < 4.78 is 5.32. The van der Waals surface area contributed by atoms with Crippen LogP contribution in [0.2, 0.25) is 0 Å². The number of anilines is 1. The fourth-order valence-electron chi connectivity index (χ4n) is 3.52. The van der Waals surface area contributed by atoms with Gasteiger partial charge in [0.25, 0.3) is 5.91 Å². The van der Waals surface area contributed by atoms with Gasteiger partial charge in [-0.25, -0.2) is 4.98 Å². The monoisotopic (exact) mass is 346 g/mol. The first kappa shape index (κ1) is 18.1. The van der Waals surface area contributed by atoms with Gasteiger partial charge in [-0.15, -0.1) is 0 Å². The largest absolute Gasteiger partial charge is 0.381 e. The van der Waals surface area contributed by atoms with Crippen molar-refractivity contribution < 1.29 is 9.53 Å². The second kappa shape index (κ2) is 9.73. The average Bonchev–Trinajstić information content (AvgIpc) is 2.92. The van der Waals surface area contributed by atoms with E-state index in [0.29, 0.717) is 18.3 Å². The molecule has 25 heavy (non-hydrogen) atoms. The van der Waals surface area contributed by atoms with E-state index in [1.54, 1.807) is 6.20 Å². The summed E-state index contributed by atoms with van der Waals surface area (Å²) in [5.41, 5.74) is 1.49. The summed E-state index contributed by atoms with van der Waals surface area (Å²) in [5, 5.41) is 6.51. The fourth-order valence-corrected chi connectivity index (χ4v) is 3.52. The molecule has 0 spiro atoms. The fraction of sp³-hybridized carbons (Fsp3) is 0.684. The Hall–Kier alpha value is -1.66. The molecule has 1 saturated heterocycles. The van der Waals surface area contributed by atoms with E-state index in [4.69, 9.17) is 4.74 Å². The van der Waals surface area contributed by atoms with Crippen LogP contribution in [0.1, 0.15) is 49.0 Å². The molecular weight excluding hydrogens is 316 g/mol. The molecule has 3 rings (SSSR count). The summed E-state index contributed by atoms with van der Waals surface area (Å²) in [6.07, 6.45) is 9.53. The van der Waals surface area contributed by atoms with Crippen LogP contribution >= 0.6 is 0 Å². The van der Waals surface area contributed by atoms with E-state index in [2.05, 4.69) is 20.5 Å².